The Hall–Kier alpha value is -1.56. The second-order valence-electron chi connectivity index (χ2n) is 8.52. The maximum absolute atomic E-state index is 2.29. The lowest BCUT2D eigenvalue weighted by Crippen LogP contribution is -2.10. The zero-order valence-corrected chi connectivity index (χ0v) is 16.3. The van der Waals surface area contributed by atoms with Gasteiger partial charge < -0.3 is 0 Å². The molecule has 0 aromatic heterocycles. The van der Waals surface area contributed by atoms with E-state index in [9.17, 15) is 0 Å². The third-order valence-electron chi connectivity index (χ3n) is 4.70. The lowest BCUT2D eigenvalue weighted by Gasteiger charge is -2.19. The van der Waals surface area contributed by atoms with Gasteiger partial charge in [0.1, 0.15) is 0 Å². The van der Waals surface area contributed by atoms with Gasteiger partial charge in [0.05, 0.1) is 0 Å². The Balaban J connectivity index is 1.91. The largest absolute Gasteiger partial charge is 0.0625 e. The Morgan fingerprint density at radius 2 is 1.38 bits per heavy atom. The molecule has 0 fully saturated rings. The van der Waals surface area contributed by atoms with Gasteiger partial charge >= 0.3 is 0 Å². The summed E-state index contributed by atoms with van der Waals surface area (Å²) in [6.07, 6.45) is 3.40. The lowest BCUT2D eigenvalue weighted by molar-refractivity contribution is 0.590. The van der Waals surface area contributed by atoms with Crippen molar-refractivity contribution in [3.05, 3.63) is 76.7 Å². The van der Waals surface area contributed by atoms with Gasteiger partial charge in [0.2, 0.25) is 0 Å². The Bertz CT molecular complexity index is 609. The van der Waals surface area contributed by atoms with Gasteiger partial charge in [-0.25, -0.2) is 0 Å². The highest BCUT2D eigenvalue weighted by atomic mass is 14.2. The van der Waals surface area contributed by atoms with Crippen LogP contribution in [0.5, 0.6) is 0 Å². The quantitative estimate of drug-likeness (QED) is 0.551. The molecule has 1 radical (unpaired) electrons. The number of hydrogen-bond acceptors (Lipinski definition) is 0. The molecule has 0 saturated heterocycles. The maximum atomic E-state index is 2.29. The van der Waals surface area contributed by atoms with Gasteiger partial charge in [-0.1, -0.05) is 90.1 Å². The fraction of sp³-hybridized carbons (Fsp3) is 0.458. The van der Waals surface area contributed by atoms with Crippen molar-refractivity contribution in [2.45, 2.75) is 66.2 Å². The summed E-state index contributed by atoms with van der Waals surface area (Å²) in [5.74, 6) is 2.20. The molecule has 2 aromatic carbocycles. The van der Waals surface area contributed by atoms with Crippen molar-refractivity contribution in [3.63, 3.8) is 0 Å². The lowest BCUT2D eigenvalue weighted by atomic mass is 9.86. The van der Waals surface area contributed by atoms with Crippen molar-refractivity contribution in [1.29, 1.82) is 0 Å². The Morgan fingerprint density at radius 1 is 0.833 bits per heavy atom. The molecule has 2 aromatic rings. The maximum Gasteiger partial charge on any atom is 0.00221 e. The number of benzene rings is 2. The highest BCUT2D eigenvalue weighted by molar-refractivity contribution is 5.33. The van der Waals surface area contributed by atoms with Crippen LogP contribution in [0.15, 0.2) is 48.5 Å². The van der Waals surface area contributed by atoms with Crippen molar-refractivity contribution in [2.75, 3.05) is 0 Å². The van der Waals surface area contributed by atoms with Gasteiger partial charge in [0, 0.05) is 5.92 Å². The summed E-state index contributed by atoms with van der Waals surface area (Å²) in [6.45, 7) is 13.6. The standard InChI is InChI=1S/C24H33/c1-18(2)17-21-9-13-22(14-10-21)19(3)7-8-20-11-15-23(16-12-20)24(4,5)6/h9-16,18H,7-8,17H2,1-6H3. The van der Waals surface area contributed by atoms with Crippen molar-refractivity contribution in [2.24, 2.45) is 5.92 Å². The average molecular weight is 322 g/mol. The molecular formula is C24H33. The van der Waals surface area contributed by atoms with Gasteiger partial charge in [-0.05, 0) is 52.8 Å². The summed E-state index contributed by atoms with van der Waals surface area (Å²) in [5.41, 5.74) is 5.90. The molecule has 0 unspecified atom stereocenters. The molecule has 0 bridgehead atoms. The molecule has 0 atom stereocenters. The van der Waals surface area contributed by atoms with Gasteiger partial charge in [-0.2, -0.15) is 0 Å². The fourth-order valence-electron chi connectivity index (χ4n) is 3.04. The first kappa shape index (κ1) is 18.8. The third kappa shape index (κ3) is 5.51. The molecule has 0 aliphatic carbocycles. The van der Waals surface area contributed by atoms with Gasteiger partial charge in [-0.3, -0.25) is 0 Å². The third-order valence-corrected chi connectivity index (χ3v) is 4.70. The van der Waals surface area contributed by atoms with Crippen molar-refractivity contribution >= 4 is 0 Å². The van der Waals surface area contributed by atoms with Crippen LogP contribution in [0.25, 0.3) is 0 Å². The molecule has 129 valence electrons. The van der Waals surface area contributed by atoms with E-state index >= 15 is 0 Å². The van der Waals surface area contributed by atoms with E-state index in [-0.39, 0.29) is 5.41 Å². The van der Waals surface area contributed by atoms with Crippen molar-refractivity contribution < 1.29 is 0 Å². The summed E-state index contributed by atoms with van der Waals surface area (Å²) in [5, 5.41) is 0. The summed E-state index contributed by atoms with van der Waals surface area (Å²) in [4.78, 5) is 0. The number of aryl methyl sites for hydroxylation is 1. The van der Waals surface area contributed by atoms with E-state index < -0.39 is 0 Å². The first-order chi connectivity index (χ1) is 11.3. The molecule has 0 heteroatoms. The van der Waals surface area contributed by atoms with E-state index in [0.29, 0.717) is 0 Å². The van der Waals surface area contributed by atoms with Crippen LogP contribution in [-0.4, -0.2) is 0 Å². The van der Waals surface area contributed by atoms with Crippen LogP contribution < -0.4 is 0 Å². The Kier molecular flexibility index (Phi) is 6.27. The molecule has 0 amide bonds. The SMILES string of the molecule is C[C](CCc1ccc(C(C)(C)C)cc1)c1ccc(CC(C)C)cc1. The normalized spacial score (nSPS) is 12.2. The van der Waals surface area contributed by atoms with Crippen LogP contribution in [0.2, 0.25) is 0 Å². The molecule has 0 aliphatic rings. The second kappa shape index (κ2) is 8.01. The van der Waals surface area contributed by atoms with Crippen molar-refractivity contribution in [3.8, 4) is 0 Å². The van der Waals surface area contributed by atoms with E-state index in [1.807, 2.05) is 0 Å². The number of rotatable bonds is 6. The zero-order chi connectivity index (χ0) is 17.7. The molecule has 0 heterocycles. The molecule has 0 N–H and O–H groups in total. The molecule has 0 spiro atoms. The monoisotopic (exact) mass is 321 g/mol. The second-order valence-corrected chi connectivity index (χ2v) is 8.52. The van der Waals surface area contributed by atoms with Gasteiger partial charge in [0.25, 0.3) is 0 Å². The summed E-state index contributed by atoms with van der Waals surface area (Å²) in [7, 11) is 0. The van der Waals surface area contributed by atoms with E-state index in [1.54, 1.807) is 0 Å². The van der Waals surface area contributed by atoms with Crippen LogP contribution in [0.1, 0.15) is 70.2 Å². The smallest absolute Gasteiger partial charge is 0.00221 e. The van der Waals surface area contributed by atoms with Crippen LogP contribution in [0.4, 0.5) is 0 Å². The minimum Gasteiger partial charge on any atom is -0.0625 e. The predicted molar refractivity (Wildman–Crippen MR) is 106 cm³/mol. The summed E-state index contributed by atoms with van der Waals surface area (Å²) in [6, 6.07) is 18.3. The first-order valence-corrected chi connectivity index (χ1v) is 9.27. The van der Waals surface area contributed by atoms with Crippen LogP contribution >= 0.6 is 0 Å². The highest BCUT2D eigenvalue weighted by Crippen LogP contribution is 2.24. The molecule has 24 heavy (non-hydrogen) atoms. The molecular weight excluding hydrogens is 288 g/mol. The molecule has 0 nitrogen and oxygen atoms in total. The van der Waals surface area contributed by atoms with E-state index in [1.165, 1.54) is 34.6 Å². The topological polar surface area (TPSA) is 0 Å². The predicted octanol–water partition coefficient (Wildman–Crippen LogP) is 6.76. The van der Waals surface area contributed by atoms with Crippen LogP contribution in [-0.2, 0) is 18.3 Å². The van der Waals surface area contributed by atoms with Gasteiger partial charge in [0.15, 0.2) is 0 Å². The van der Waals surface area contributed by atoms with Crippen LogP contribution in [0.3, 0.4) is 0 Å². The molecule has 2 rings (SSSR count). The van der Waals surface area contributed by atoms with E-state index in [4.69, 9.17) is 0 Å². The first-order valence-electron chi connectivity index (χ1n) is 9.27. The van der Waals surface area contributed by atoms with Crippen LogP contribution in [0, 0.1) is 11.8 Å². The number of hydrogen-bond donors (Lipinski definition) is 0. The zero-order valence-electron chi connectivity index (χ0n) is 16.3. The molecule has 0 saturated carbocycles. The average Bonchev–Trinajstić information content (AvgIpc) is 2.52. The minimum atomic E-state index is 0.234. The van der Waals surface area contributed by atoms with E-state index in [2.05, 4.69) is 90.1 Å². The van der Waals surface area contributed by atoms with E-state index in [0.717, 1.165) is 18.8 Å². The Morgan fingerprint density at radius 3 is 1.88 bits per heavy atom. The van der Waals surface area contributed by atoms with Gasteiger partial charge in [-0.15, -0.1) is 0 Å². The fourth-order valence-corrected chi connectivity index (χ4v) is 3.04. The van der Waals surface area contributed by atoms with Crippen molar-refractivity contribution in [1.82, 2.24) is 0 Å². The molecule has 0 aliphatic heterocycles. The summed E-state index contributed by atoms with van der Waals surface area (Å²) < 4.78 is 0. The summed E-state index contributed by atoms with van der Waals surface area (Å²) >= 11 is 0. The highest BCUT2D eigenvalue weighted by Gasteiger charge is 2.13. The minimum absolute atomic E-state index is 0.234. The Labute approximate surface area is 149 Å².